The van der Waals surface area contributed by atoms with Crippen LogP contribution in [0.4, 0.5) is 5.69 Å². The molecule has 202 valence electrons. The Morgan fingerprint density at radius 2 is 1.54 bits per heavy atom. The van der Waals surface area contributed by atoms with Gasteiger partial charge in [-0.2, -0.15) is 5.10 Å². The minimum atomic E-state index is -4.00. The number of hydrogen-bond acceptors (Lipinski definition) is 4. The topological polar surface area (TPSA) is 83.8 Å². The van der Waals surface area contributed by atoms with Crippen molar-refractivity contribution in [3.8, 4) is 5.69 Å². The second kappa shape index (κ2) is 11.3. The first-order valence-electron chi connectivity index (χ1n) is 12.7. The van der Waals surface area contributed by atoms with E-state index in [1.807, 2.05) is 45.9 Å². The fourth-order valence-corrected chi connectivity index (χ4v) is 6.24. The SMILES string of the molecule is Cc1cc(C)cc(-n2c(C)cc(/C=N\NC(=O)CN(c3cc(C)ccc3C)S(=O)(=O)c3ccccc3)c2C)c1. The fourth-order valence-electron chi connectivity index (χ4n) is 4.74. The summed E-state index contributed by atoms with van der Waals surface area (Å²) < 4.78 is 30.5. The number of hydrogen-bond donors (Lipinski definition) is 1. The number of carbonyl (C=O) groups excluding carboxylic acids is 1. The van der Waals surface area contributed by atoms with Gasteiger partial charge in [0, 0.05) is 22.6 Å². The zero-order valence-corrected chi connectivity index (χ0v) is 24.0. The van der Waals surface area contributed by atoms with Gasteiger partial charge in [0.15, 0.2) is 0 Å². The highest BCUT2D eigenvalue weighted by atomic mass is 32.2. The third-order valence-electron chi connectivity index (χ3n) is 6.58. The Morgan fingerprint density at radius 3 is 2.21 bits per heavy atom. The van der Waals surface area contributed by atoms with E-state index in [9.17, 15) is 13.2 Å². The molecule has 0 radical (unpaired) electrons. The Morgan fingerprint density at radius 1 is 0.872 bits per heavy atom. The number of nitrogens with one attached hydrogen (secondary N) is 1. The van der Waals surface area contributed by atoms with Crippen molar-refractivity contribution < 1.29 is 13.2 Å². The molecule has 0 aliphatic rings. The monoisotopic (exact) mass is 542 g/mol. The molecule has 1 N–H and O–H groups in total. The number of aryl methyl sites for hydroxylation is 5. The summed E-state index contributed by atoms with van der Waals surface area (Å²) >= 11 is 0. The predicted molar refractivity (Wildman–Crippen MR) is 157 cm³/mol. The number of nitrogens with zero attached hydrogens (tertiary/aromatic N) is 3. The maximum atomic E-state index is 13.6. The van der Waals surface area contributed by atoms with Gasteiger partial charge in [-0.25, -0.2) is 13.8 Å². The highest BCUT2D eigenvalue weighted by Gasteiger charge is 2.28. The Kier molecular flexibility index (Phi) is 8.06. The van der Waals surface area contributed by atoms with Crippen molar-refractivity contribution in [3.05, 3.63) is 112 Å². The molecule has 0 spiro atoms. The molecule has 1 amide bonds. The number of amides is 1. The quantitative estimate of drug-likeness (QED) is 0.230. The molecule has 4 aromatic rings. The van der Waals surface area contributed by atoms with Crippen LogP contribution in [0.3, 0.4) is 0 Å². The van der Waals surface area contributed by atoms with Gasteiger partial charge >= 0.3 is 0 Å². The molecule has 3 aromatic carbocycles. The Labute approximate surface area is 230 Å². The summed E-state index contributed by atoms with van der Waals surface area (Å²) in [6.07, 6.45) is 1.59. The van der Waals surface area contributed by atoms with E-state index >= 15 is 0 Å². The first-order chi connectivity index (χ1) is 18.5. The average Bonchev–Trinajstić information content (AvgIpc) is 3.16. The summed E-state index contributed by atoms with van der Waals surface area (Å²) in [5, 5.41) is 4.17. The van der Waals surface area contributed by atoms with Crippen molar-refractivity contribution in [2.75, 3.05) is 10.8 Å². The maximum Gasteiger partial charge on any atom is 0.264 e. The molecule has 0 aliphatic carbocycles. The highest BCUT2D eigenvalue weighted by molar-refractivity contribution is 7.92. The predicted octanol–water partition coefficient (Wildman–Crippen LogP) is 5.67. The molecule has 0 bridgehead atoms. The van der Waals surface area contributed by atoms with Crippen LogP contribution in [0.25, 0.3) is 5.69 Å². The number of hydrazone groups is 1. The zero-order valence-electron chi connectivity index (χ0n) is 23.2. The van der Waals surface area contributed by atoms with Crippen LogP contribution >= 0.6 is 0 Å². The van der Waals surface area contributed by atoms with Gasteiger partial charge in [0.05, 0.1) is 16.8 Å². The Bertz CT molecular complexity index is 1630. The van der Waals surface area contributed by atoms with Crippen molar-refractivity contribution in [2.45, 2.75) is 46.4 Å². The first-order valence-corrected chi connectivity index (χ1v) is 14.2. The smallest absolute Gasteiger partial charge is 0.264 e. The summed E-state index contributed by atoms with van der Waals surface area (Å²) in [5.41, 5.74) is 10.9. The van der Waals surface area contributed by atoms with E-state index in [0.717, 1.165) is 38.1 Å². The summed E-state index contributed by atoms with van der Waals surface area (Å²) in [6, 6.07) is 22.0. The van der Waals surface area contributed by atoms with Crippen LogP contribution in [-0.4, -0.2) is 31.7 Å². The maximum absolute atomic E-state index is 13.6. The fraction of sp³-hybridized carbons (Fsp3) is 0.226. The number of benzene rings is 3. The van der Waals surface area contributed by atoms with Gasteiger partial charge in [-0.3, -0.25) is 9.10 Å². The van der Waals surface area contributed by atoms with E-state index in [1.54, 1.807) is 30.5 Å². The van der Waals surface area contributed by atoms with Crippen LogP contribution in [0.2, 0.25) is 0 Å². The van der Waals surface area contributed by atoms with Gasteiger partial charge in [0.25, 0.3) is 15.9 Å². The molecular formula is C31H34N4O3S. The molecule has 7 nitrogen and oxygen atoms in total. The number of aromatic nitrogens is 1. The van der Waals surface area contributed by atoms with Crippen LogP contribution in [0, 0.1) is 41.5 Å². The molecule has 39 heavy (non-hydrogen) atoms. The molecule has 8 heteroatoms. The van der Waals surface area contributed by atoms with E-state index in [1.165, 1.54) is 23.3 Å². The summed E-state index contributed by atoms with van der Waals surface area (Å²) in [4.78, 5) is 13.1. The molecular weight excluding hydrogens is 508 g/mol. The van der Waals surface area contributed by atoms with E-state index in [4.69, 9.17) is 0 Å². The molecule has 0 saturated carbocycles. The van der Waals surface area contributed by atoms with Crippen molar-refractivity contribution in [2.24, 2.45) is 5.10 Å². The average molecular weight is 543 g/mol. The molecule has 0 unspecified atom stereocenters. The van der Waals surface area contributed by atoms with E-state index in [-0.39, 0.29) is 4.90 Å². The summed E-state index contributed by atoms with van der Waals surface area (Å²) in [5.74, 6) is -0.547. The normalized spacial score (nSPS) is 11.6. The first kappa shape index (κ1) is 27.9. The van der Waals surface area contributed by atoms with E-state index in [2.05, 4.69) is 47.1 Å². The molecule has 4 rings (SSSR count). The summed E-state index contributed by atoms with van der Waals surface area (Å²) in [7, 11) is -4.00. The van der Waals surface area contributed by atoms with Gasteiger partial charge in [-0.1, -0.05) is 36.4 Å². The van der Waals surface area contributed by atoms with Crippen LogP contribution in [0.1, 0.15) is 39.2 Å². The molecule has 1 heterocycles. The van der Waals surface area contributed by atoms with Gasteiger partial charge in [0.1, 0.15) is 6.54 Å². The van der Waals surface area contributed by atoms with Crippen molar-refractivity contribution in [3.63, 3.8) is 0 Å². The number of anilines is 1. The zero-order chi connectivity index (χ0) is 28.3. The number of carbonyl (C=O) groups is 1. The standard InChI is InChI=1S/C31H34N4O3S/c1-21-12-13-24(4)30(17-21)34(39(37,38)29-10-8-7-9-11-29)20-31(36)33-32-19-27-18-25(5)35(26(27)6)28-15-22(2)14-23(3)16-28/h7-19H,20H2,1-6H3,(H,33,36)/b32-19-. The van der Waals surface area contributed by atoms with Gasteiger partial charge in [0.2, 0.25) is 0 Å². The van der Waals surface area contributed by atoms with Crippen molar-refractivity contribution in [1.29, 1.82) is 0 Å². The third kappa shape index (κ3) is 6.12. The summed E-state index contributed by atoms with van der Waals surface area (Å²) in [6.45, 7) is 11.5. The number of sulfonamides is 1. The second-order valence-electron chi connectivity index (χ2n) is 9.92. The van der Waals surface area contributed by atoms with E-state index in [0.29, 0.717) is 5.69 Å². The molecule has 1 aromatic heterocycles. The lowest BCUT2D eigenvalue weighted by Crippen LogP contribution is -2.40. The minimum Gasteiger partial charge on any atom is -0.318 e. The lowest BCUT2D eigenvalue weighted by Gasteiger charge is -2.25. The van der Waals surface area contributed by atoms with E-state index < -0.39 is 22.5 Å². The Hall–Kier alpha value is -4.17. The van der Waals surface area contributed by atoms with Gasteiger partial charge in [-0.15, -0.1) is 0 Å². The number of rotatable bonds is 8. The van der Waals surface area contributed by atoms with Gasteiger partial charge in [-0.05, 0) is 100 Å². The lowest BCUT2D eigenvalue weighted by molar-refractivity contribution is -0.119. The van der Waals surface area contributed by atoms with Crippen LogP contribution in [-0.2, 0) is 14.8 Å². The van der Waals surface area contributed by atoms with Crippen LogP contribution in [0.15, 0.2) is 82.8 Å². The van der Waals surface area contributed by atoms with Crippen LogP contribution in [0.5, 0.6) is 0 Å². The van der Waals surface area contributed by atoms with Crippen LogP contribution < -0.4 is 9.73 Å². The van der Waals surface area contributed by atoms with Crippen molar-refractivity contribution in [1.82, 2.24) is 9.99 Å². The Balaban J connectivity index is 1.58. The molecule has 0 saturated heterocycles. The molecule has 0 fully saturated rings. The largest absolute Gasteiger partial charge is 0.318 e. The lowest BCUT2D eigenvalue weighted by atomic mass is 10.1. The highest BCUT2D eigenvalue weighted by Crippen LogP contribution is 2.28. The minimum absolute atomic E-state index is 0.112. The molecule has 0 aliphatic heterocycles. The second-order valence-corrected chi connectivity index (χ2v) is 11.8. The molecule has 0 atom stereocenters. The van der Waals surface area contributed by atoms with Gasteiger partial charge < -0.3 is 4.57 Å². The third-order valence-corrected chi connectivity index (χ3v) is 8.35. The van der Waals surface area contributed by atoms with Crippen molar-refractivity contribution >= 4 is 27.8 Å².